The molecule has 1 N–H and O–H groups in total. The number of hydrogen-bond donors (Lipinski definition) is 1. The van der Waals surface area contributed by atoms with Crippen LogP contribution < -0.4 is 0 Å². The second-order valence-corrected chi connectivity index (χ2v) is 4.32. The van der Waals surface area contributed by atoms with E-state index in [2.05, 4.69) is 4.89 Å². The number of hydrogen-bond acceptors (Lipinski definition) is 4. The van der Waals surface area contributed by atoms with Gasteiger partial charge in [-0.1, -0.05) is 24.3 Å². The van der Waals surface area contributed by atoms with E-state index in [9.17, 15) is 4.79 Å². The summed E-state index contributed by atoms with van der Waals surface area (Å²) in [5.41, 5.74) is 5.06. The van der Waals surface area contributed by atoms with Crippen molar-refractivity contribution in [1.82, 2.24) is 0 Å². The summed E-state index contributed by atoms with van der Waals surface area (Å²) in [5, 5.41) is 8.50. The lowest BCUT2D eigenvalue weighted by Crippen LogP contribution is -2.02. The van der Waals surface area contributed by atoms with Crippen molar-refractivity contribution in [2.45, 2.75) is 13.3 Å². The highest BCUT2D eigenvalue weighted by Gasteiger charge is 2.24. The molecule has 1 aromatic rings. The number of esters is 1. The van der Waals surface area contributed by atoms with Gasteiger partial charge in [-0.25, -0.2) is 4.89 Å². The van der Waals surface area contributed by atoms with Crippen LogP contribution in [0.1, 0.15) is 24.5 Å². The Morgan fingerprint density at radius 2 is 2.00 bits per heavy atom. The molecule has 0 unspecified atom stereocenters. The van der Waals surface area contributed by atoms with E-state index in [0.29, 0.717) is 0 Å². The van der Waals surface area contributed by atoms with Crippen molar-refractivity contribution >= 4 is 17.1 Å². The summed E-state index contributed by atoms with van der Waals surface area (Å²) in [5.74, 6) is -0.280. The second-order valence-electron chi connectivity index (χ2n) is 4.32. The van der Waals surface area contributed by atoms with Crippen molar-refractivity contribution in [3.8, 4) is 0 Å². The zero-order valence-electron chi connectivity index (χ0n) is 11.0. The van der Waals surface area contributed by atoms with Crippen molar-refractivity contribution in [2.24, 2.45) is 0 Å². The number of carbonyl (C=O) groups is 1. The van der Waals surface area contributed by atoms with Gasteiger partial charge in [0.2, 0.25) is 0 Å². The fraction of sp³-hybridized carbons (Fsp3) is 0.267. The maximum atomic E-state index is 11.5. The second kappa shape index (κ2) is 5.82. The van der Waals surface area contributed by atoms with Crippen molar-refractivity contribution < 1.29 is 19.7 Å². The predicted octanol–water partition coefficient (Wildman–Crippen LogP) is 2.91. The minimum absolute atomic E-state index is 0.0849. The molecule has 4 nitrogen and oxygen atoms in total. The standard InChI is InChI=1S/C15H16O4/c1-10-11-5-3-4-6-12(11)13(7-8-19-17)14(10)9-15(16)18-2/h3-7,17H,8-9H2,1-2H3. The van der Waals surface area contributed by atoms with Gasteiger partial charge in [0.05, 0.1) is 13.5 Å². The average molecular weight is 260 g/mol. The van der Waals surface area contributed by atoms with Crippen molar-refractivity contribution in [3.05, 3.63) is 47.0 Å². The van der Waals surface area contributed by atoms with Crippen LogP contribution in [-0.2, 0) is 14.4 Å². The normalized spacial score (nSPS) is 15.8. The van der Waals surface area contributed by atoms with E-state index in [1.807, 2.05) is 31.2 Å². The van der Waals surface area contributed by atoms with Gasteiger partial charge in [-0.2, -0.15) is 0 Å². The number of fused-ring (bicyclic) bond motifs is 1. The van der Waals surface area contributed by atoms with Gasteiger partial charge in [-0.3, -0.25) is 10.1 Å². The topological polar surface area (TPSA) is 55.8 Å². The van der Waals surface area contributed by atoms with Gasteiger partial charge in [-0.15, -0.1) is 0 Å². The monoisotopic (exact) mass is 260 g/mol. The molecular formula is C15H16O4. The Labute approximate surface area is 111 Å². The van der Waals surface area contributed by atoms with E-state index in [0.717, 1.165) is 27.8 Å². The molecule has 100 valence electrons. The molecule has 0 amide bonds. The third kappa shape index (κ3) is 2.59. The molecule has 0 aromatic heterocycles. The Morgan fingerprint density at radius 1 is 1.32 bits per heavy atom. The van der Waals surface area contributed by atoms with Crippen LogP contribution in [0.2, 0.25) is 0 Å². The fourth-order valence-electron chi connectivity index (χ4n) is 2.37. The van der Waals surface area contributed by atoms with Gasteiger partial charge < -0.3 is 4.74 Å². The molecule has 0 heterocycles. The number of ether oxygens (including phenoxy) is 1. The first kappa shape index (κ1) is 13.5. The predicted molar refractivity (Wildman–Crippen MR) is 72.2 cm³/mol. The van der Waals surface area contributed by atoms with Gasteiger partial charge in [-0.05, 0) is 40.8 Å². The fourth-order valence-corrected chi connectivity index (χ4v) is 2.37. The van der Waals surface area contributed by atoms with Gasteiger partial charge in [0.25, 0.3) is 0 Å². The van der Waals surface area contributed by atoms with E-state index in [1.54, 1.807) is 6.08 Å². The molecule has 19 heavy (non-hydrogen) atoms. The molecule has 1 aromatic carbocycles. The first-order chi connectivity index (χ1) is 9.19. The summed E-state index contributed by atoms with van der Waals surface area (Å²) >= 11 is 0. The van der Waals surface area contributed by atoms with Gasteiger partial charge >= 0.3 is 5.97 Å². The molecule has 1 aliphatic carbocycles. The van der Waals surface area contributed by atoms with Gasteiger partial charge in [0.15, 0.2) is 0 Å². The van der Waals surface area contributed by atoms with E-state index in [4.69, 9.17) is 9.99 Å². The molecule has 0 spiro atoms. The summed E-state index contributed by atoms with van der Waals surface area (Å²) in [7, 11) is 1.38. The first-order valence-electron chi connectivity index (χ1n) is 6.02. The Morgan fingerprint density at radius 3 is 2.63 bits per heavy atom. The van der Waals surface area contributed by atoms with Crippen LogP contribution in [0, 0.1) is 0 Å². The van der Waals surface area contributed by atoms with Crippen LogP contribution in [-0.4, -0.2) is 24.9 Å². The lowest BCUT2D eigenvalue weighted by Gasteiger charge is -2.06. The molecule has 0 saturated heterocycles. The van der Waals surface area contributed by atoms with E-state index >= 15 is 0 Å². The summed E-state index contributed by atoms with van der Waals surface area (Å²) in [6, 6.07) is 7.92. The number of carbonyl (C=O) groups excluding carboxylic acids is 1. The van der Waals surface area contributed by atoms with Gasteiger partial charge in [0, 0.05) is 0 Å². The van der Waals surface area contributed by atoms with Crippen molar-refractivity contribution in [2.75, 3.05) is 13.7 Å². The highest BCUT2D eigenvalue weighted by atomic mass is 17.1. The maximum absolute atomic E-state index is 11.5. The van der Waals surface area contributed by atoms with Crippen LogP contribution in [0.25, 0.3) is 11.1 Å². The third-order valence-corrected chi connectivity index (χ3v) is 3.31. The summed E-state index contributed by atoms with van der Waals surface area (Å²) in [6.07, 6.45) is 1.99. The maximum Gasteiger partial charge on any atom is 0.310 e. The molecule has 0 radical (unpaired) electrons. The van der Waals surface area contributed by atoms with E-state index in [-0.39, 0.29) is 19.0 Å². The van der Waals surface area contributed by atoms with Crippen LogP contribution in [0.4, 0.5) is 0 Å². The lowest BCUT2D eigenvalue weighted by atomic mass is 10.0. The highest BCUT2D eigenvalue weighted by molar-refractivity contribution is 6.02. The van der Waals surface area contributed by atoms with Crippen LogP contribution in [0.15, 0.2) is 35.9 Å². The zero-order chi connectivity index (χ0) is 13.8. The molecule has 0 bridgehead atoms. The smallest absolute Gasteiger partial charge is 0.310 e. The largest absolute Gasteiger partial charge is 0.469 e. The van der Waals surface area contributed by atoms with Crippen molar-refractivity contribution in [3.63, 3.8) is 0 Å². The zero-order valence-corrected chi connectivity index (χ0v) is 11.0. The van der Waals surface area contributed by atoms with Crippen LogP contribution >= 0.6 is 0 Å². The Hall–Kier alpha value is -1.91. The number of benzene rings is 1. The minimum Gasteiger partial charge on any atom is -0.469 e. The van der Waals surface area contributed by atoms with E-state index in [1.165, 1.54) is 7.11 Å². The summed E-state index contributed by atoms with van der Waals surface area (Å²) in [6.45, 7) is 2.07. The minimum atomic E-state index is -0.280. The molecule has 0 saturated carbocycles. The molecule has 4 heteroatoms. The Kier molecular flexibility index (Phi) is 4.14. The number of allylic oxidation sites excluding steroid dienone is 2. The third-order valence-electron chi connectivity index (χ3n) is 3.31. The first-order valence-corrected chi connectivity index (χ1v) is 6.02. The summed E-state index contributed by atoms with van der Waals surface area (Å²) < 4.78 is 4.73. The van der Waals surface area contributed by atoms with Crippen LogP contribution in [0.3, 0.4) is 0 Å². The number of rotatable bonds is 4. The quantitative estimate of drug-likeness (QED) is 0.514. The SMILES string of the molecule is COC(=O)CC1=C(C)c2ccccc2C1=CCOO. The molecular weight excluding hydrogens is 244 g/mol. The van der Waals surface area contributed by atoms with E-state index < -0.39 is 0 Å². The Balaban J connectivity index is 2.45. The Bertz CT molecular complexity index is 555. The molecule has 1 aliphatic rings. The molecule has 0 fully saturated rings. The molecule has 0 atom stereocenters. The molecule has 0 aliphatic heterocycles. The number of methoxy groups -OCH3 is 1. The average Bonchev–Trinajstić information content (AvgIpc) is 2.70. The van der Waals surface area contributed by atoms with Gasteiger partial charge in [0.1, 0.15) is 6.61 Å². The molecule has 2 rings (SSSR count). The lowest BCUT2D eigenvalue weighted by molar-refractivity contribution is -0.231. The summed E-state index contributed by atoms with van der Waals surface area (Å²) in [4.78, 5) is 15.6. The van der Waals surface area contributed by atoms with Crippen LogP contribution in [0.5, 0.6) is 0 Å². The van der Waals surface area contributed by atoms with Crippen molar-refractivity contribution in [1.29, 1.82) is 0 Å². The highest BCUT2D eigenvalue weighted by Crippen LogP contribution is 2.42.